The van der Waals surface area contributed by atoms with Crippen LogP contribution in [0.1, 0.15) is 11.4 Å². The molecule has 68 valence electrons. The minimum atomic E-state index is 0.154. The number of aromatic nitrogens is 2. The normalized spacial score (nSPS) is 11.0. The van der Waals surface area contributed by atoms with Crippen molar-refractivity contribution in [1.29, 1.82) is 0 Å². The van der Waals surface area contributed by atoms with Crippen LogP contribution in [-0.4, -0.2) is 40.5 Å². The summed E-state index contributed by atoms with van der Waals surface area (Å²) in [7, 11) is 1.91. The van der Waals surface area contributed by atoms with Crippen LogP contribution in [0.2, 0.25) is 0 Å². The molecule has 1 rings (SSSR count). The molecule has 1 heterocycles. The molecule has 1 aromatic heterocycles. The van der Waals surface area contributed by atoms with E-state index in [-0.39, 0.29) is 6.61 Å². The third-order valence-electron chi connectivity index (χ3n) is 1.65. The summed E-state index contributed by atoms with van der Waals surface area (Å²) in [5.41, 5.74) is 1.63. The van der Waals surface area contributed by atoms with Gasteiger partial charge in [-0.2, -0.15) is 0 Å². The molecule has 0 unspecified atom stereocenters. The van der Waals surface area contributed by atoms with Crippen molar-refractivity contribution in [2.24, 2.45) is 0 Å². The molecule has 5 heteroatoms. The fourth-order valence-corrected chi connectivity index (χ4v) is 0.898. The van der Waals surface area contributed by atoms with Gasteiger partial charge in [0.25, 0.3) is 0 Å². The van der Waals surface area contributed by atoms with E-state index in [0.717, 1.165) is 11.4 Å². The second kappa shape index (κ2) is 4.18. The summed E-state index contributed by atoms with van der Waals surface area (Å²) in [5.74, 6) is 0. The summed E-state index contributed by atoms with van der Waals surface area (Å²) >= 11 is 0. The molecule has 0 aliphatic heterocycles. The molecule has 0 amide bonds. The van der Waals surface area contributed by atoms with E-state index in [2.05, 4.69) is 14.9 Å². The first-order valence-electron chi connectivity index (χ1n) is 3.81. The highest BCUT2D eigenvalue weighted by atomic mass is 16.6. The highest BCUT2D eigenvalue weighted by Crippen LogP contribution is 2.02. The fourth-order valence-electron chi connectivity index (χ4n) is 0.898. The Hall–Kier alpha value is -0.940. The third-order valence-corrected chi connectivity index (χ3v) is 1.65. The van der Waals surface area contributed by atoms with E-state index >= 15 is 0 Å². The molecule has 0 saturated carbocycles. The number of hydrogen-bond donors (Lipinski definition) is 1. The summed E-state index contributed by atoms with van der Waals surface area (Å²) in [6.45, 7) is 3.29. The minimum absolute atomic E-state index is 0.154. The molecule has 0 aromatic carbocycles. The Morgan fingerprint density at radius 1 is 1.50 bits per heavy atom. The van der Waals surface area contributed by atoms with Crippen LogP contribution in [0.5, 0.6) is 0 Å². The van der Waals surface area contributed by atoms with Gasteiger partial charge in [0.15, 0.2) is 0 Å². The molecule has 0 atom stereocenters. The average molecular weight is 171 g/mol. The van der Waals surface area contributed by atoms with Crippen LogP contribution in [0.15, 0.2) is 4.63 Å². The van der Waals surface area contributed by atoms with E-state index in [0.29, 0.717) is 13.1 Å². The van der Waals surface area contributed by atoms with Crippen molar-refractivity contribution < 1.29 is 9.74 Å². The predicted octanol–water partition coefficient (Wildman–Crippen LogP) is -0.198. The van der Waals surface area contributed by atoms with Crippen molar-refractivity contribution in [3.8, 4) is 0 Å². The molecule has 1 aromatic rings. The van der Waals surface area contributed by atoms with Crippen molar-refractivity contribution in [1.82, 2.24) is 15.2 Å². The van der Waals surface area contributed by atoms with Crippen LogP contribution in [-0.2, 0) is 6.54 Å². The Labute approximate surface area is 70.9 Å². The van der Waals surface area contributed by atoms with E-state index in [9.17, 15) is 0 Å². The van der Waals surface area contributed by atoms with Gasteiger partial charge < -0.3 is 5.11 Å². The van der Waals surface area contributed by atoms with Crippen LogP contribution < -0.4 is 0 Å². The van der Waals surface area contributed by atoms with Gasteiger partial charge in [-0.15, -0.1) is 0 Å². The topological polar surface area (TPSA) is 62.4 Å². The molecule has 0 radical (unpaired) electrons. The highest BCUT2D eigenvalue weighted by molar-refractivity contribution is 5.03. The fraction of sp³-hybridized carbons (Fsp3) is 0.714. The number of likely N-dealkylation sites (N-methyl/N-ethyl adjacent to an activating group) is 1. The molecule has 1 N–H and O–H groups in total. The van der Waals surface area contributed by atoms with Gasteiger partial charge >= 0.3 is 0 Å². The zero-order valence-electron chi connectivity index (χ0n) is 7.32. The predicted molar refractivity (Wildman–Crippen MR) is 42.5 cm³/mol. The molecule has 0 aliphatic rings. The van der Waals surface area contributed by atoms with Crippen molar-refractivity contribution in [3.63, 3.8) is 0 Å². The number of nitrogens with zero attached hydrogens (tertiary/aromatic N) is 3. The monoisotopic (exact) mass is 171 g/mol. The number of aryl methyl sites for hydroxylation is 1. The Morgan fingerprint density at radius 3 is 2.75 bits per heavy atom. The maximum absolute atomic E-state index is 8.63. The van der Waals surface area contributed by atoms with Crippen LogP contribution in [0.4, 0.5) is 0 Å². The lowest BCUT2D eigenvalue weighted by Crippen LogP contribution is -2.22. The smallest absolute Gasteiger partial charge is 0.122 e. The zero-order valence-corrected chi connectivity index (χ0v) is 7.32. The molecular formula is C7H13N3O2. The van der Waals surface area contributed by atoms with Gasteiger partial charge in [0.05, 0.1) is 6.61 Å². The van der Waals surface area contributed by atoms with E-state index in [1.807, 2.05) is 18.9 Å². The largest absolute Gasteiger partial charge is 0.395 e. The second-order valence-electron chi connectivity index (χ2n) is 2.76. The first-order chi connectivity index (χ1) is 5.74. The quantitative estimate of drug-likeness (QED) is 0.679. The zero-order chi connectivity index (χ0) is 8.97. The van der Waals surface area contributed by atoms with Gasteiger partial charge in [0.2, 0.25) is 0 Å². The van der Waals surface area contributed by atoms with E-state index in [4.69, 9.17) is 5.11 Å². The van der Waals surface area contributed by atoms with E-state index < -0.39 is 0 Å². The number of hydrogen-bond acceptors (Lipinski definition) is 5. The molecular weight excluding hydrogens is 158 g/mol. The highest BCUT2D eigenvalue weighted by Gasteiger charge is 2.07. The van der Waals surface area contributed by atoms with Gasteiger partial charge in [-0.25, -0.2) is 4.63 Å². The van der Waals surface area contributed by atoms with Crippen LogP contribution in [0.25, 0.3) is 0 Å². The Balaban J connectivity index is 2.46. The number of aliphatic hydroxyl groups is 1. The Bertz CT molecular complexity index is 236. The van der Waals surface area contributed by atoms with Crippen molar-refractivity contribution >= 4 is 0 Å². The average Bonchev–Trinajstić information content (AvgIpc) is 2.37. The molecule has 0 saturated heterocycles. The molecule has 0 aliphatic carbocycles. The summed E-state index contributed by atoms with van der Waals surface area (Å²) in [6, 6.07) is 0. The van der Waals surface area contributed by atoms with Crippen LogP contribution in [0, 0.1) is 6.92 Å². The van der Waals surface area contributed by atoms with Gasteiger partial charge in [0.1, 0.15) is 11.4 Å². The second-order valence-corrected chi connectivity index (χ2v) is 2.76. The summed E-state index contributed by atoms with van der Waals surface area (Å²) in [5, 5.41) is 16.0. The Kier molecular flexibility index (Phi) is 3.19. The van der Waals surface area contributed by atoms with E-state index in [1.54, 1.807) is 0 Å². The SMILES string of the molecule is Cc1nonc1CN(C)CCO. The molecule has 0 fully saturated rings. The molecule has 5 nitrogen and oxygen atoms in total. The summed E-state index contributed by atoms with van der Waals surface area (Å²) in [4.78, 5) is 1.95. The first-order valence-corrected chi connectivity index (χ1v) is 3.81. The lowest BCUT2D eigenvalue weighted by molar-refractivity contribution is 0.212. The Morgan fingerprint density at radius 2 is 2.25 bits per heavy atom. The van der Waals surface area contributed by atoms with Gasteiger partial charge in [-0.1, -0.05) is 10.3 Å². The van der Waals surface area contributed by atoms with E-state index in [1.165, 1.54) is 0 Å². The van der Waals surface area contributed by atoms with Gasteiger partial charge in [0, 0.05) is 13.1 Å². The minimum Gasteiger partial charge on any atom is -0.395 e. The lowest BCUT2D eigenvalue weighted by atomic mass is 10.3. The first kappa shape index (κ1) is 9.15. The van der Waals surface area contributed by atoms with Crippen molar-refractivity contribution in [3.05, 3.63) is 11.4 Å². The third kappa shape index (κ3) is 2.28. The van der Waals surface area contributed by atoms with Crippen LogP contribution >= 0.6 is 0 Å². The maximum Gasteiger partial charge on any atom is 0.122 e. The number of rotatable bonds is 4. The van der Waals surface area contributed by atoms with Gasteiger partial charge in [-0.05, 0) is 14.0 Å². The lowest BCUT2D eigenvalue weighted by Gasteiger charge is -2.12. The van der Waals surface area contributed by atoms with Gasteiger partial charge in [-0.3, -0.25) is 4.90 Å². The maximum atomic E-state index is 8.63. The van der Waals surface area contributed by atoms with Crippen molar-refractivity contribution in [2.45, 2.75) is 13.5 Å². The summed E-state index contributed by atoms with van der Waals surface area (Å²) in [6.07, 6.45) is 0. The summed E-state index contributed by atoms with van der Waals surface area (Å²) < 4.78 is 4.54. The van der Waals surface area contributed by atoms with Crippen LogP contribution in [0.3, 0.4) is 0 Å². The standard InChI is InChI=1S/C7H13N3O2/c1-6-7(9-12-8-6)5-10(2)3-4-11/h11H,3-5H2,1-2H3. The molecule has 0 spiro atoms. The number of aliphatic hydroxyl groups excluding tert-OH is 1. The molecule has 12 heavy (non-hydrogen) atoms. The molecule has 0 bridgehead atoms. The van der Waals surface area contributed by atoms with Crippen molar-refractivity contribution in [2.75, 3.05) is 20.2 Å².